The van der Waals surface area contributed by atoms with Gasteiger partial charge in [0.2, 0.25) is 0 Å². The Hall–Kier alpha value is -1.09. The van der Waals surface area contributed by atoms with Crippen LogP contribution < -0.4 is 0 Å². The molecule has 1 aromatic heterocycles. The monoisotopic (exact) mass is 250 g/mol. The Bertz CT molecular complexity index is 393. The lowest BCUT2D eigenvalue weighted by Gasteiger charge is -2.41. The molecule has 1 aromatic rings. The van der Waals surface area contributed by atoms with Crippen LogP contribution in [0.4, 0.5) is 0 Å². The van der Waals surface area contributed by atoms with Gasteiger partial charge >= 0.3 is 0 Å². The van der Waals surface area contributed by atoms with Gasteiger partial charge in [0.15, 0.2) is 5.78 Å². The molecule has 0 bridgehead atoms. The van der Waals surface area contributed by atoms with Crippen LogP contribution in [0.2, 0.25) is 0 Å². The number of carbonyl (C=O) groups is 1. The first-order valence-corrected chi connectivity index (χ1v) is 6.58. The predicted molar refractivity (Wildman–Crippen MR) is 69.4 cm³/mol. The van der Waals surface area contributed by atoms with Gasteiger partial charge in [0.05, 0.1) is 12.7 Å². The maximum absolute atomic E-state index is 12.4. The van der Waals surface area contributed by atoms with Crippen molar-refractivity contribution in [1.29, 1.82) is 0 Å². The third kappa shape index (κ3) is 2.66. The van der Waals surface area contributed by atoms with Crippen molar-refractivity contribution in [2.24, 2.45) is 5.41 Å². The third-order valence-electron chi connectivity index (χ3n) is 4.23. The third-order valence-corrected chi connectivity index (χ3v) is 4.23. The number of methoxy groups -OCH3 is 1. The second kappa shape index (κ2) is 4.88. The molecule has 0 saturated heterocycles. The molecule has 100 valence electrons. The van der Waals surface area contributed by atoms with E-state index in [2.05, 4.69) is 13.8 Å². The number of ether oxygens (including phenoxy) is 1. The average Bonchev–Trinajstić information content (AvgIpc) is 2.82. The summed E-state index contributed by atoms with van der Waals surface area (Å²) >= 11 is 0. The first kappa shape index (κ1) is 13.3. The van der Waals surface area contributed by atoms with Gasteiger partial charge in [-0.1, -0.05) is 13.8 Å². The van der Waals surface area contributed by atoms with Crippen LogP contribution >= 0.6 is 0 Å². The summed E-state index contributed by atoms with van der Waals surface area (Å²) in [5.74, 6) is 0.872. The van der Waals surface area contributed by atoms with E-state index < -0.39 is 5.60 Å². The summed E-state index contributed by atoms with van der Waals surface area (Å²) in [6.45, 7) is 4.51. The minimum Gasteiger partial charge on any atom is -0.469 e. The van der Waals surface area contributed by atoms with E-state index in [-0.39, 0.29) is 5.78 Å². The van der Waals surface area contributed by atoms with E-state index in [1.807, 2.05) is 12.1 Å². The molecule has 3 nitrogen and oxygen atoms in total. The van der Waals surface area contributed by atoms with Crippen molar-refractivity contribution in [1.82, 2.24) is 0 Å². The maximum atomic E-state index is 12.4. The molecule has 1 aliphatic rings. The molecule has 2 rings (SSSR count). The standard InChI is InChI=1S/C15H22O3/c1-14(2)6-8-15(17-3,9-7-14)13(16)11-12-5-4-10-18-12/h4-5,10H,6-9,11H2,1-3H3. The minimum atomic E-state index is -0.595. The highest BCUT2D eigenvalue weighted by Gasteiger charge is 2.43. The highest BCUT2D eigenvalue weighted by molar-refractivity contribution is 5.89. The minimum absolute atomic E-state index is 0.149. The summed E-state index contributed by atoms with van der Waals surface area (Å²) < 4.78 is 10.8. The molecule has 0 aliphatic heterocycles. The molecular weight excluding hydrogens is 228 g/mol. The van der Waals surface area contributed by atoms with Crippen LogP contribution in [0.1, 0.15) is 45.3 Å². The van der Waals surface area contributed by atoms with Crippen LogP contribution in [0.15, 0.2) is 22.8 Å². The molecule has 0 N–H and O–H groups in total. The lowest BCUT2D eigenvalue weighted by Crippen LogP contribution is -2.46. The molecule has 1 aliphatic carbocycles. The number of Topliss-reactive ketones (excluding diaryl/α,β-unsaturated/α-hetero) is 1. The molecule has 0 aromatic carbocycles. The normalized spacial score (nSPS) is 21.7. The van der Waals surface area contributed by atoms with Crippen LogP contribution in [0, 0.1) is 5.41 Å². The van der Waals surface area contributed by atoms with Crippen molar-refractivity contribution in [3.05, 3.63) is 24.2 Å². The van der Waals surface area contributed by atoms with E-state index >= 15 is 0 Å². The molecule has 1 saturated carbocycles. The molecule has 0 radical (unpaired) electrons. The Morgan fingerprint density at radius 1 is 1.33 bits per heavy atom. The summed E-state index contributed by atoms with van der Waals surface area (Å²) in [6.07, 6.45) is 5.63. The Balaban J connectivity index is 2.06. The Morgan fingerprint density at radius 2 is 2.00 bits per heavy atom. The molecule has 18 heavy (non-hydrogen) atoms. The van der Waals surface area contributed by atoms with Crippen LogP contribution in [0.25, 0.3) is 0 Å². The van der Waals surface area contributed by atoms with Crippen molar-refractivity contribution < 1.29 is 13.9 Å². The molecule has 0 unspecified atom stereocenters. The van der Waals surface area contributed by atoms with Crippen molar-refractivity contribution in [3.8, 4) is 0 Å². The summed E-state index contributed by atoms with van der Waals surface area (Å²) in [7, 11) is 1.65. The van der Waals surface area contributed by atoms with Gasteiger partial charge in [0, 0.05) is 7.11 Å². The molecule has 1 fully saturated rings. The zero-order valence-electron chi connectivity index (χ0n) is 11.5. The number of rotatable bonds is 4. The topological polar surface area (TPSA) is 39.4 Å². The van der Waals surface area contributed by atoms with E-state index in [1.165, 1.54) is 0 Å². The zero-order valence-corrected chi connectivity index (χ0v) is 11.5. The highest BCUT2D eigenvalue weighted by atomic mass is 16.5. The van der Waals surface area contributed by atoms with Crippen molar-refractivity contribution in [2.75, 3.05) is 7.11 Å². The van der Waals surface area contributed by atoms with Gasteiger partial charge in [-0.25, -0.2) is 0 Å². The fourth-order valence-corrected chi connectivity index (χ4v) is 2.66. The van der Waals surface area contributed by atoms with Crippen LogP contribution in [0.3, 0.4) is 0 Å². The molecule has 0 atom stereocenters. The van der Waals surface area contributed by atoms with Gasteiger partial charge in [-0.15, -0.1) is 0 Å². The first-order chi connectivity index (χ1) is 8.47. The Kier molecular flexibility index (Phi) is 3.62. The lowest BCUT2D eigenvalue weighted by atomic mass is 9.69. The van der Waals surface area contributed by atoms with Gasteiger partial charge in [0.25, 0.3) is 0 Å². The number of hydrogen-bond donors (Lipinski definition) is 0. The summed E-state index contributed by atoms with van der Waals surface area (Å²) in [6, 6.07) is 3.65. The number of ketones is 1. The average molecular weight is 250 g/mol. The van der Waals surface area contributed by atoms with Crippen molar-refractivity contribution in [3.63, 3.8) is 0 Å². The smallest absolute Gasteiger partial charge is 0.172 e. The van der Waals surface area contributed by atoms with Gasteiger partial charge in [-0.3, -0.25) is 4.79 Å². The quantitative estimate of drug-likeness (QED) is 0.822. The predicted octanol–water partition coefficient (Wildman–Crippen LogP) is 3.38. The first-order valence-electron chi connectivity index (χ1n) is 6.58. The van der Waals surface area contributed by atoms with Gasteiger partial charge in [0.1, 0.15) is 11.4 Å². The number of furan rings is 1. The van der Waals surface area contributed by atoms with Gasteiger partial charge in [-0.2, -0.15) is 0 Å². The molecule has 1 heterocycles. The van der Waals surface area contributed by atoms with Gasteiger partial charge in [-0.05, 0) is 43.2 Å². The van der Waals surface area contributed by atoms with E-state index in [9.17, 15) is 4.79 Å². The molecule has 3 heteroatoms. The summed E-state index contributed by atoms with van der Waals surface area (Å²) in [4.78, 5) is 12.4. The molecule has 0 amide bonds. The second-order valence-corrected chi connectivity index (χ2v) is 6.04. The van der Waals surface area contributed by atoms with E-state index in [0.29, 0.717) is 11.8 Å². The van der Waals surface area contributed by atoms with E-state index in [1.54, 1.807) is 13.4 Å². The van der Waals surface area contributed by atoms with Crippen LogP contribution in [-0.4, -0.2) is 18.5 Å². The second-order valence-electron chi connectivity index (χ2n) is 6.04. The number of carbonyl (C=O) groups excluding carboxylic acids is 1. The molecule has 0 spiro atoms. The number of hydrogen-bond acceptors (Lipinski definition) is 3. The summed E-state index contributed by atoms with van der Waals surface area (Å²) in [5, 5.41) is 0. The summed E-state index contributed by atoms with van der Waals surface area (Å²) in [5.41, 5.74) is -0.269. The lowest BCUT2D eigenvalue weighted by molar-refractivity contribution is -0.147. The Morgan fingerprint density at radius 3 is 2.50 bits per heavy atom. The fraction of sp³-hybridized carbons (Fsp3) is 0.667. The Labute approximate surface area is 109 Å². The largest absolute Gasteiger partial charge is 0.469 e. The van der Waals surface area contributed by atoms with Crippen molar-refractivity contribution in [2.45, 2.75) is 51.6 Å². The van der Waals surface area contributed by atoms with Gasteiger partial charge < -0.3 is 9.15 Å². The van der Waals surface area contributed by atoms with Crippen LogP contribution in [0.5, 0.6) is 0 Å². The van der Waals surface area contributed by atoms with E-state index in [4.69, 9.17) is 9.15 Å². The van der Waals surface area contributed by atoms with Crippen LogP contribution in [-0.2, 0) is 16.0 Å². The van der Waals surface area contributed by atoms with Crippen molar-refractivity contribution >= 4 is 5.78 Å². The maximum Gasteiger partial charge on any atom is 0.172 e. The zero-order chi connectivity index (χ0) is 13.2. The molecular formula is C15H22O3. The SMILES string of the molecule is COC1(C(=O)Cc2ccco2)CCC(C)(C)CC1. The van der Waals surface area contributed by atoms with E-state index in [0.717, 1.165) is 31.4 Å². The highest BCUT2D eigenvalue weighted by Crippen LogP contribution is 2.42. The fourth-order valence-electron chi connectivity index (χ4n) is 2.66.